The minimum Gasteiger partial charge on any atom is -0.394 e. The van der Waals surface area contributed by atoms with Crippen molar-refractivity contribution in [2.75, 3.05) is 54.9 Å². The normalized spacial score (nSPS) is 14.9. The van der Waals surface area contributed by atoms with Crippen LogP contribution < -0.4 is 0 Å². The molecule has 0 aromatic heterocycles. The molecule has 13 heteroatoms. The van der Waals surface area contributed by atoms with E-state index >= 15 is 0 Å². The van der Waals surface area contributed by atoms with Crippen LogP contribution in [0, 0.1) is 0 Å². The van der Waals surface area contributed by atoms with E-state index in [-0.39, 0.29) is 37.6 Å². The second-order valence-corrected chi connectivity index (χ2v) is 15.8. The van der Waals surface area contributed by atoms with Crippen LogP contribution in [0.5, 0.6) is 0 Å². The Morgan fingerprint density at radius 3 is 1.31 bits per heavy atom. The van der Waals surface area contributed by atoms with Gasteiger partial charge in [0.15, 0.2) is 0 Å². The molecule has 2 atom stereocenters. The maximum Gasteiger partial charge on any atom is 0.500 e. The number of aliphatic hydroxyl groups is 4. The van der Waals surface area contributed by atoms with Crippen molar-refractivity contribution in [2.45, 2.75) is 89.9 Å². The second-order valence-electron chi connectivity index (χ2n) is 9.98. The van der Waals surface area contributed by atoms with E-state index in [0.29, 0.717) is 24.9 Å². The molecule has 0 heterocycles. The van der Waals surface area contributed by atoms with Gasteiger partial charge in [-0.15, -0.1) is 0 Å². The topological polar surface area (TPSA) is 146 Å². The van der Waals surface area contributed by atoms with E-state index in [1.165, 1.54) is 0 Å². The number of hydrogen-bond donors (Lipinski definition) is 4. The maximum atomic E-state index is 9.78. The second kappa shape index (κ2) is 18.3. The third-order valence-corrected chi connectivity index (χ3v) is 10.6. The molecule has 0 saturated heterocycles. The molecule has 0 spiro atoms. The van der Waals surface area contributed by atoms with E-state index in [1.54, 1.807) is 28.4 Å². The summed E-state index contributed by atoms with van der Waals surface area (Å²) in [5, 5.41) is 36.4. The summed E-state index contributed by atoms with van der Waals surface area (Å²) in [6.07, 6.45) is -0.497. The van der Waals surface area contributed by atoms with E-state index in [9.17, 15) is 10.2 Å². The van der Waals surface area contributed by atoms with Crippen molar-refractivity contribution in [3.05, 3.63) is 0 Å². The van der Waals surface area contributed by atoms with E-state index in [1.807, 2.05) is 41.5 Å². The molecule has 0 aromatic rings. The molecule has 0 amide bonds. The molecule has 0 aromatic carbocycles. The minimum atomic E-state index is -2.75. The molecule has 214 valence electrons. The van der Waals surface area contributed by atoms with Crippen molar-refractivity contribution in [1.29, 1.82) is 0 Å². The van der Waals surface area contributed by atoms with Gasteiger partial charge in [0.25, 0.3) is 0 Å². The highest BCUT2D eigenvalue weighted by Crippen LogP contribution is 2.25. The van der Waals surface area contributed by atoms with Gasteiger partial charge in [-0.1, -0.05) is 0 Å². The molecule has 0 aliphatic carbocycles. The van der Waals surface area contributed by atoms with Gasteiger partial charge in [-0.3, -0.25) is 0 Å². The predicted octanol–water partition coefficient (Wildman–Crippen LogP) is 1.57. The highest BCUT2D eigenvalue weighted by Gasteiger charge is 2.43. The average molecular weight is 549 g/mol. The van der Waals surface area contributed by atoms with Gasteiger partial charge in [-0.05, 0) is 54.4 Å². The molecule has 0 radical (unpaired) electrons. The lowest BCUT2D eigenvalue weighted by atomic mass is 10.2. The summed E-state index contributed by atoms with van der Waals surface area (Å²) in [6.45, 7) is 11.7. The first-order valence-electron chi connectivity index (χ1n) is 11.8. The molecule has 2 unspecified atom stereocenters. The smallest absolute Gasteiger partial charge is 0.394 e. The quantitative estimate of drug-likeness (QED) is 0.155. The minimum absolute atomic E-state index is 0.0469. The van der Waals surface area contributed by atoms with Gasteiger partial charge < -0.3 is 51.7 Å². The van der Waals surface area contributed by atoms with Crippen LogP contribution >= 0.6 is 0 Å². The fourth-order valence-corrected chi connectivity index (χ4v) is 7.85. The van der Waals surface area contributed by atoms with Crippen LogP contribution in [-0.4, -0.2) is 116 Å². The van der Waals surface area contributed by atoms with E-state index in [2.05, 4.69) is 0 Å². The van der Waals surface area contributed by atoms with E-state index in [4.69, 9.17) is 41.5 Å². The Bertz CT molecular complexity index is 505. The first kappa shape index (κ1) is 37.1. The summed E-state index contributed by atoms with van der Waals surface area (Å²) in [4.78, 5) is 0. The van der Waals surface area contributed by atoms with Crippen molar-refractivity contribution in [3.63, 3.8) is 0 Å². The zero-order valence-electron chi connectivity index (χ0n) is 23.5. The number of rotatable bonds is 17. The summed E-state index contributed by atoms with van der Waals surface area (Å²) in [6, 6.07) is 1.000. The highest BCUT2D eigenvalue weighted by molar-refractivity contribution is 6.61. The standard InChI is InChI=1S/C12H28O6Si.C10H24O5Si/c1-12(2,3)18-19(15-4,16-5)9-6-11(14)10-17-8-7-13;1-10(2,3)15-16(13-4,14-5)7-6-9(12)8-11/h11,13-14H,6-10H2,1-5H3;9,11-12H,6-8H2,1-5H3. The van der Waals surface area contributed by atoms with Crippen molar-refractivity contribution in [2.24, 2.45) is 0 Å². The Hall–Kier alpha value is -0.00623. The molecule has 0 fully saturated rings. The van der Waals surface area contributed by atoms with Gasteiger partial charge in [-0.25, -0.2) is 0 Å². The lowest BCUT2D eigenvalue weighted by Gasteiger charge is -2.34. The lowest BCUT2D eigenvalue weighted by Crippen LogP contribution is -2.49. The van der Waals surface area contributed by atoms with Crippen LogP contribution in [0.25, 0.3) is 0 Å². The monoisotopic (exact) mass is 548 g/mol. The van der Waals surface area contributed by atoms with Crippen LogP contribution in [0.1, 0.15) is 54.4 Å². The molecule has 11 nitrogen and oxygen atoms in total. The predicted molar refractivity (Wildman–Crippen MR) is 137 cm³/mol. The Balaban J connectivity index is 0. The Morgan fingerprint density at radius 1 is 0.657 bits per heavy atom. The summed E-state index contributed by atoms with van der Waals surface area (Å²) < 4.78 is 38.4. The molecule has 35 heavy (non-hydrogen) atoms. The number of aliphatic hydroxyl groups excluding tert-OH is 4. The van der Waals surface area contributed by atoms with E-state index < -0.39 is 29.8 Å². The van der Waals surface area contributed by atoms with Crippen LogP contribution in [0.15, 0.2) is 0 Å². The van der Waals surface area contributed by atoms with E-state index in [0.717, 1.165) is 0 Å². The Labute approximate surface area is 214 Å². The number of ether oxygens (including phenoxy) is 1. The van der Waals surface area contributed by atoms with Crippen molar-refractivity contribution < 1.29 is 51.7 Å². The molecule has 0 saturated carbocycles. The van der Waals surface area contributed by atoms with Crippen molar-refractivity contribution in [3.8, 4) is 0 Å². The summed E-state index contributed by atoms with van der Waals surface area (Å²) >= 11 is 0. The summed E-state index contributed by atoms with van der Waals surface area (Å²) in [5.41, 5.74) is -0.723. The molecule has 0 aliphatic rings. The van der Waals surface area contributed by atoms with Crippen molar-refractivity contribution >= 4 is 17.6 Å². The van der Waals surface area contributed by atoms with Crippen LogP contribution in [0.4, 0.5) is 0 Å². The Morgan fingerprint density at radius 2 is 1.03 bits per heavy atom. The number of hydrogen-bond acceptors (Lipinski definition) is 11. The summed E-state index contributed by atoms with van der Waals surface area (Å²) in [7, 11) is 0.745. The zero-order chi connectivity index (χ0) is 27.8. The highest BCUT2D eigenvalue weighted by atomic mass is 28.4. The third-order valence-electron chi connectivity index (χ3n) is 4.49. The van der Waals surface area contributed by atoms with Gasteiger partial charge in [0, 0.05) is 40.5 Å². The van der Waals surface area contributed by atoms with Gasteiger partial charge in [0.05, 0.1) is 49.8 Å². The molecular weight excluding hydrogens is 496 g/mol. The van der Waals surface area contributed by atoms with Gasteiger partial charge in [-0.2, -0.15) is 0 Å². The molecule has 0 rings (SSSR count). The zero-order valence-corrected chi connectivity index (χ0v) is 25.5. The molecule has 0 aliphatic heterocycles. The first-order valence-corrected chi connectivity index (χ1v) is 15.7. The lowest BCUT2D eigenvalue weighted by molar-refractivity contribution is 0.00233. The molecule has 0 bridgehead atoms. The third kappa shape index (κ3) is 18.8. The van der Waals surface area contributed by atoms with Crippen LogP contribution in [0.2, 0.25) is 12.1 Å². The summed E-state index contributed by atoms with van der Waals surface area (Å²) in [5.74, 6) is 0. The van der Waals surface area contributed by atoms with Crippen molar-refractivity contribution in [1.82, 2.24) is 0 Å². The molecule has 4 N–H and O–H groups in total. The maximum absolute atomic E-state index is 9.78. The fourth-order valence-electron chi connectivity index (χ4n) is 2.92. The fraction of sp³-hybridized carbons (Fsp3) is 1.00. The van der Waals surface area contributed by atoms with Gasteiger partial charge in [0.1, 0.15) is 0 Å². The first-order chi connectivity index (χ1) is 16.1. The van der Waals surface area contributed by atoms with Gasteiger partial charge >= 0.3 is 17.6 Å². The van der Waals surface area contributed by atoms with Gasteiger partial charge in [0.2, 0.25) is 0 Å². The van der Waals surface area contributed by atoms with Crippen LogP contribution in [0.3, 0.4) is 0 Å². The Kier molecular flexibility index (Phi) is 19.4. The largest absolute Gasteiger partial charge is 0.500 e. The average Bonchev–Trinajstić information content (AvgIpc) is 2.78. The SMILES string of the molecule is CO[Si](CCC(O)CO)(OC)OC(C)(C)C.CO[Si](CCC(O)COCCO)(OC)OC(C)(C)C. The van der Waals surface area contributed by atoms with Crippen LogP contribution in [-0.2, 0) is 31.3 Å². The molecular formula is C22H52O11Si2.